The molecule has 0 bridgehead atoms. The van der Waals surface area contributed by atoms with E-state index in [-0.39, 0.29) is 0 Å². The van der Waals surface area contributed by atoms with Gasteiger partial charge in [-0.3, -0.25) is 0 Å². The highest BCUT2D eigenvalue weighted by molar-refractivity contribution is 5.39. The van der Waals surface area contributed by atoms with E-state index in [1.54, 1.807) is 5.56 Å². The van der Waals surface area contributed by atoms with Crippen molar-refractivity contribution >= 4 is 0 Å². The molecule has 1 aliphatic carbocycles. The summed E-state index contributed by atoms with van der Waals surface area (Å²) in [7, 11) is 0. The Morgan fingerprint density at radius 2 is 1.74 bits per heavy atom. The van der Waals surface area contributed by atoms with Gasteiger partial charge in [-0.05, 0) is 105 Å². The Hall–Kier alpha value is -2.02. The summed E-state index contributed by atoms with van der Waals surface area (Å²) in [6.07, 6.45) is 22.5. The quantitative estimate of drug-likeness (QED) is 0.258. The number of nitrogens with zero attached hydrogens (tertiary/aromatic N) is 1. The van der Waals surface area contributed by atoms with E-state index in [1.165, 1.54) is 81.8 Å². The Morgan fingerprint density at radius 3 is 2.40 bits per heavy atom. The molecule has 1 heterocycles. The van der Waals surface area contributed by atoms with Crippen LogP contribution < -0.4 is 0 Å². The predicted octanol–water partition coefficient (Wildman–Crippen LogP) is 10.00. The van der Waals surface area contributed by atoms with Crippen molar-refractivity contribution in [1.29, 1.82) is 0 Å². The summed E-state index contributed by atoms with van der Waals surface area (Å²) in [4.78, 5) is 2.40. The molecule has 1 saturated carbocycles. The first-order valence-electron chi connectivity index (χ1n) is 14.5. The molecule has 0 N–H and O–H groups in total. The van der Waals surface area contributed by atoms with Crippen LogP contribution >= 0.6 is 0 Å². The number of hydrogen-bond acceptors (Lipinski definition) is 1. The first-order valence-corrected chi connectivity index (χ1v) is 14.5. The molecule has 0 spiro atoms. The molecule has 3 unspecified atom stereocenters. The maximum absolute atomic E-state index is 4.50. The average molecular weight is 474 g/mol. The van der Waals surface area contributed by atoms with Crippen molar-refractivity contribution in [2.45, 2.75) is 104 Å². The summed E-state index contributed by atoms with van der Waals surface area (Å²) >= 11 is 0. The molecule has 0 aromatic heterocycles. The molecule has 3 atom stereocenters. The molecular formula is C34H51N. The second-order valence-corrected chi connectivity index (χ2v) is 11.4. The smallest absolute Gasteiger partial charge is 0.0293 e. The second kappa shape index (κ2) is 13.9. The molecule has 1 aromatic carbocycles. The van der Waals surface area contributed by atoms with Gasteiger partial charge in [0.25, 0.3) is 0 Å². The molecule has 1 heteroatoms. The molecule has 1 aromatic rings. The first kappa shape index (κ1) is 27.6. The van der Waals surface area contributed by atoms with Crippen LogP contribution in [0.5, 0.6) is 0 Å². The fourth-order valence-corrected chi connectivity index (χ4v) is 6.99. The molecule has 1 nitrogen and oxygen atoms in total. The van der Waals surface area contributed by atoms with Crippen molar-refractivity contribution in [1.82, 2.24) is 4.90 Å². The van der Waals surface area contributed by atoms with Crippen LogP contribution in [0.25, 0.3) is 0 Å². The van der Waals surface area contributed by atoms with E-state index in [2.05, 4.69) is 87.4 Å². The third-order valence-corrected chi connectivity index (χ3v) is 8.64. The van der Waals surface area contributed by atoms with Crippen LogP contribution in [-0.2, 0) is 0 Å². The lowest BCUT2D eigenvalue weighted by molar-refractivity contribution is 0.0891. The van der Waals surface area contributed by atoms with Gasteiger partial charge in [0, 0.05) is 18.8 Å². The number of allylic oxidation sites excluding steroid dienone is 5. The molecule has 0 radical (unpaired) electrons. The van der Waals surface area contributed by atoms with Gasteiger partial charge in [-0.25, -0.2) is 0 Å². The molecule has 3 rings (SSSR count). The summed E-state index contributed by atoms with van der Waals surface area (Å²) in [5.74, 6) is 1.60. The van der Waals surface area contributed by atoms with E-state index < -0.39 is 0 Å². The van der Waals surface area contributed by atoms with E-state index in [4.69, 9.17) is 0 Å². The fourth-order valence-electron chi connectivity index (χ4n) is 6.99. The van der Waals surface area contributed by atoms with Gasteiger partial charge in [-0.2, -0.15) is 0 Å². The zero-order chi connectivity index (χ0) is 25.1. The number of benzene rings is 1. The highest BCUT2D eigenvalue weighted by Gasteiger charge is 2.39. The van der Waals surface area contributed by atoms with Crippen LogP contribution in [-0.4, -0.2) is 18.0 Å². The lowest BCUT2D eigenvalue weighted by Gasteiger charge is -2.45. The van der Waals surface area contributed by atoms with Gasteiger partial charge in [0.05, 0.1) is 0 Å². The van der Waals surface area contributed by atoms with Crippen LogP contribution in [0.3, 0.4) is 0 Å². The predicted molar refractivity (Wildman–Crippen MR) is 155 cm³/mol. The van der Waals surface area contributed by atoms with Crippen LogP contribution in [0.2, 0.25) is 0 Å². The van der Waals surface area contributed by atoms with Gasteiger partial charge in [-0.1, -0.05) is 88.8 Å². The highest BCUT2D eigenvalue weighted by Crippen LogP contribution is 2.52. The summed E-state index contributed by atoms with van der Waals surface area (Å²) in [6.45, 7) is 18.0. The SMILES string of the molecule is C=C(CCCC1(CCC)CC(CCC)CC(c2ccccc2)C1)C(/C=C\C(=C)N1CCCC1)=C/C. The molecule has 0 amide bonds. The number of rotatable bonds is 13. The Bertz CT molecular complexity index is 854. The minimum atomic E-state index is 0.490. The monoisotopic (exact) mass is 473 g/mol. The first-order chi connectivity index (χ1) is 17.0. The zero-order valence-electron chi connectivity index (χ0n) is 23.0. The maximum atomic E-state index is 4.50. The maximum Gasteiger partial charge on any atom is 0.0293 e. The van der Waals surface area contributed by atoms with Crippen molar-refractivity contribution in [3.63, 3.8) is 0 Å². The molecule has 1 aliphatic heterocycles. The highest BCUT2D eigenvalue weighted by atomic mass is 15.1. The van der Waals surface area contributed by atoms with Crippen LogP contribution in [0, 0.1) is 11.3 Å². The Balaban J connectivity index is 1.62. The Morgan fingerprint density at radius 1 is 1.00 bits per heavy atom. The number of hydrogen-bond donors (Lipinski definition) is 0. The van der Waals surface area contributed by atoms with Gasteiger partial charge in [0.15, 0.2) is 0 Å². The lowest BCUT2D eigenvalue weighted by atomic mass is 9.59. The summed E-state index contributed by atoms with van der Waals surface area (Å²) in [5, 5.41) is 0. The largest absolute Gasteiger partial charge is 0.372 e. The van der Waals surface area contributed by atoms with Gasteiger partial charge in [0.2, 0.25) is 0 Å². The van der Waals surface area contributed by atoms with Crippen LogP contribution in [0.15, 0.2) is 78.6 Å². The summed E-state index contributed by atoms with van der Waals surface area (Å²) < 4.78 is 0. The van der Waals surface area contributed by atoms with Gasteiger partial charge >= 0.3 is 0 Å². The van der Waals surface area contributed by atoms with E-state index in [1.807, 2.05) is 0 Å². The molecule has 192 valence electrons. The molecule has 1 saturated heterocycles. The van der Waals surface area contributed by atoms with Crippen molar-refractivity contribution in [3.05, 3.63) is 84.1 Å². The normalized spacial score (nSPS) is 25.3. The molecule has 2 fully saturated rings. The second-order valence-electron chi connectivity index (χ2n) is 11.4. The fraction of sp³-hybridized carbons (Fsp3) is 0.588. The van der Waals surface area contributed by atoms with E-state index in [9.17, 15) is 0 Å². The van der Waals surface area contributed by atoms with Crippen molar-refractivity contribution in [2.24, 2.45) is 11.3 Å². The van der Waals surface area contributed by atoms with Gasteiger partial charge in [-0.15, -0.1) is 0 Å². The third kappa shape index (κ3) is 7.99. The Kier molecular flexibility index (Phi) is 11.0. The molecular weight excluding hydrogens is 422 g/mol. The van der Waals surface area contributed by atoms with Gasteiger partial charge in [0.1, 0.15) is 0 Å². The molecule has 2 aliphatic rings. The lowest BCUT2D eigenvalue weighted by Crippen LogP contribution is -2.33. The van der Waals surface area contributed by atoms with E-state index in [0.29, 0.717) is 5.41 Å². The van der Waals surface area contributed by atoms with Crippen molar-refractivity contribution < 1.29 is 0 Å². The van der Waals surface area contributed by atoms with E-state index in [0.717, 1.165) is 37.0 Å². The summed E-state index contributed by atoms with van der Waals surface area (Å²) in [5.41, 5.74) is 5.77. The minimum Gasteiger partial charge on any atom is -0.372 e. The van der Waals surface area contributed by atoms with Crippen molar-refractivity contribution in [3.8, 4) is 0 Å². The third-order valence-electron chi connectivity index (χ3n) is 8.64. The van der Waals surface area contributed by atoms with Crippen LogP contribution in [0.1, 0.15) is 109 Å². The minimum absolute atomic E-state index is 0.490. The summed E-state index contributed by atoms with van der Waals surface area (Å²) in [6, 6.07) is 11.4. The van der Waals surface area contributed by atoms with Crippen molar-refractivity contribution in [2.75, 3.05) is 13.1 Å². The van der Waals surface area contributed by atoms with Crippen LogP contribution in [0.4, 0.5) is 0 Å². The van der Waals surface area contributed by atoms with Gasteiger partial charge < -0.3 is 4.90 Å². The topological polar surface area (TPSA) is 3.24 Å². The zero-order valence-corrected chi connectivity index (χ0v) is 23.0. The standard InChI is InChI=1S/C34H51N/c1-6-15-30-25-33(32-17-10-9-11-18-32)27-34(26-30,21-7-2)22-14-16-28(4)31(8-3)20-19-29(5)35-23-12-13-24-35/h8-11,17-20,30,33H,4-7,12-16,21-27H2,1-3H3/b20-19-,31-8+. The molecule has 35 heavy (non-hydrogen) atoms. The Labute approximate surface area is 217 Å². The number of likely N-dealkylation sites (tertiary alicyclic amines) is 1. The average Bonchev–Trinajstić information content (AvgIpc) is 3.40. The van der Waals surface area contributed by atoms with E-state index >= 15 is 0 Å².